The summed E-state index contributed by atoms with van der Waals surface area (Å²) in [4.78, 5) is 11.4. The van der Waals surface area contributed by atoms with Crippen LogP contribution in [0, 0.1) is 5.92 Å². The number of rotatable bonds is 3. The summed E-state index contributed by atoms with van der Waals surface area (Å²) >= 11 is 0. The molecule has 0 N–H and O–H groups in total. The molecule has 1 aliphatic rings. The molecule has 0 amide bonds. The fourth-order valence-electron chi connectivity index (χ4n) is 2.36. The number of carbonyl (C=O) groups excluding carboxylic acids is 1. The molecule has 1 aromatic heterocycles. The van der Waals surface area contributed by atoms with Gasteiger partial charge >= 0.3 is 0 Å². The van der Waals surface area contributed by atoms with Crippen molar-refractivity contribution in [1.29, 1.82) is 0 Å². The van der Waals surface area contributed by atoms with Crippen LogP contribution in [0.3, 0.4) is 0 Å². The molecule has 88 valence electrons. The molecule has 1 atom stereocenters. The number of carbonyl (C=O) groups is 1. The second-order valence-corrected chi connectivity index (χ2v) is 5.09. The highest BCUT2D eigenvalue weighted by atomic mass is 16.1. The number of hydrogen-bond donors (Lipinski definition) is 0. The molecule has 1 heterocycles. The predicted molar refractivity (Wildman–Crippen MR) is 63.3 cm³/mol. The van der Waals surface area contributed by atoms with Crippen LogP contribution in [0.1, 0.15) is 51.3 Å². The number of hydrogen-bond acceptors (Lipinski definition) is 2. The van der Waals surface area contributed by atoms with Gasteiger partial charge in [0.2, 0.25) is 0 Å². The maximum Gasteiger partial charge on any atom is 0.133 e. The van der Waals surface area contributed by atoms with Crippen molar-refractivity contribution in [3.05, 3.63) is 18.0 Å². The van der Waals surface area contributed by atoms with Crippen molar-refractivity contribution in [3.63, 3.8) is 0 Å². The van der Waals surface area contributed by atoms with E-state index in [1.165, 1.54) is 6.42 Å². The topological polar surface area (TPSA) is 34.9 Å². The van der Waals surface area contributed by atoms with E-state index in [2.05, 4.69) is 25.0 Å². The molecule has 2 rings (SSSR count). The van der Waals surface area contributed by atoms with Crippen LogP contribution in [0.4, 0.5) is 0 Å². The van der Waals surface area contributed by atoms with E-state index in [4.69, 9.17) is 0 Å². The third kappa shape index (κ3) is 2.71. The smallest absolute Gasteiger partial charge is 0.133 e. The fourth-order valence-corrected chi connectivity index (χ4v) is 2.36. The van der Waals surface area contributed by atoms with Crippen molar-refractivity contribution in [1.82, 2.24) is 9.78 Å². The summed E-state index contributed by atoms with van der Waals surface area (Å²) in [6.07, 6.45) is 6.79. The Balaban J connectivity index is 1.95. The van der Waals surface area contributed by atoms with Crippen LogP contribution >= 0.6 is 0 Å². The normalized spacial score (nSPS) is 21.7. The van der Waals surface area contributed by atoms with E-state index >= 15 is 0 Å². The van der Waals surface area contributed by atoms with Gasteiger partial charge in [-0.25, -0.2) is 0 Å². The molecule has 1 aromatic rings. The number of ketones is 1. The van der Waals surface area contributed by atoms with Gasteiger partial charge in [-0.2, -0.15) is 5.10 Å². The Bertz CT molecular complexity index is 368. The van der Waals surface area contributed by atoms with Crippen LogP contribution in [0.15, 0.2) is 12.3 Å². The summed E-state index contributed by atoms with van der Waals surface area (Å²) in [5, 5.41) is 4.53. The zero-order chi connectivity index (χ0) is 11.5. The minimum absolute atomic E-state index is 0.418. The van der Waals surface area contributed by atoms with Crippen molar-refractivity contribution >= 4 is 5.78 Å². The number of Topliss-reactive ketones (excluding diaryl/α,β-unsaturated/α-hetero) is 1. The minimum atomic E-state index is 0.418. The van der Waals surface area contributed by atoms with E-state index in [0.29, 0.717) is 17.7 Å². The zero-order valence-electron chi connectivity index (χ0n) is 10.1. The molecule has 0 bridgehead atoms. The first-order valence-electron chi connectivity index (χ1n) is 6.21. The molecule has 3 nitrogen and oxygen atoms in total. The number of nitrogens with zero attached hydrogens (tertiary/aromatic N) is 2. The molecule has 0 aromatic carbocycles. The summed E-state index contributed by atoms with van der Waals surface area (Å²) in [5.74, 6) is 0.955. The maximum atomic E-state index is 11.4. The van der Waals surface area contributed by atoms with E-state index in [9.17, 15) is 4.79 Å². The van der Waals surface area contributed by atoms with Crippen molar-refractivity contribution in [2.45, 2.75) is 52.0 Å². The molecule has 0 radical (unpaired) electrons. The van der Waals surface area contributed by atoms with Crippen molar-refractivity contribution in [2.24, 2.45) is 5.92 Å². The summed E-state index contributed by atoms with van der Waals surface area (Å²) in [5.41, 5.74) is 1.13. The van der Waals surface area contributed by atoms with Crippen molar-refractivity contribution in [2.75, 3.05) is 0 Å². The maximum absolute atomic E-state index is 11.4. The molecule has 0 spiro atoms. The van der Waals surface area contributed by atoms with E-state index in [1.54, 1.807) is 0 Å². The fraction of sp³-hybridized carbons (Fsp3) is 0.692. The second kappa shape index (κ2) is 4.81. The van der Waals surface area contributed by atoms with Crippen molar-refractivity contribution in [3.8, 4) is 0 Å². The summed E-state index contributed by atoms with van der Waals surface area (Å²) < 4.78 is 1.99. The lowest BCUT2D eigenvalue weighted by molar-refractivity contribution is -0.121. The predicted octanol–water partition coefficient (Wildman–Crippen LogP) is 2.77. The van der Waals surface area contributed by atoms with Crippen LogP contribution in [0.25, 0.3) is 0 Å². The first kappa shape index (κ1) is 11.4. The third-order valence-electron chi connectivity index (χ3n) is 3.27. The Morgan fingerprint density at radius 3 is 3.00 bits per heavy atom. The van der Waals surface area contributed by atoms with Gasteiger partial charge < -0.3 is 0 Å². The first-order valence-corrected chi connectivity index (χ1v) is 6.21. The van der Waals surface area contributed by atoms with Crippen LogP contribution in [0.5, 0.6) is 0 Å². The average Bonchev–Trinajstić information content (AvgIpc) is 2.66. The van der Waals surface area contributed by atoms with E-state index in [1.807, 2.05) is 10.9 Å². The van der Waals surface area contributed by atoms with Gasteiger partial charge in [0.15, 0.2) is 0 Å². The van der Waals surface area contributed by atoms with E-state index in [-0.39, 0.29) is 0 Å². The number of aromatic nitrogens is 2. The van der Waals surface area contributed by atoms with Gasteiger partial charge in [0.25, 0.3) is 0 Å². The molecule has 0 aliphatic heterocycles. The Hall–Kier alpha value is -1.12. The minimum Gasteiger partial charge on any atom is -0.300 e. The average molecular weight is 220 g/mol. The van der Waals surface area contributed by atoms with Gasteiger partial charge in [-0.15, -0.1) is 0 Å². The Labute approximate surface area is 96.8 Å². The molecule has 0 saturated heterocycles. The summed E-state index contributed by atoms with van der Waals surface area (Å²) in [6, 6.07) is 2.50. The molecular weight excluding hydrogens is 200 g/mol. The Morgan fingerprint density at radius 1 is 1.56 bits per heavy atom. The van der Waals surface area contributed by atoms with Gasteiger partial charge in [0.05, 0.1) is 5.69 Å². The van der Waals surface area contributed by atoms with Crippen LogP contribution in [-0.4, -0.2) is 15.6 Å². The lowest BCUT2D eigenvalue weighted by Crippen LogP contribution is -2.17. The molecule has 16 heavy (non-hydrogen) atoms. The Kier molecular flexibility index (Phi) is 3.42. The molecule has 1 aliphatic carbocycles. The van der Waals surface area contributed by atoms with Crippen LogP contribution in [-0.2, 0) is 11.2 Å². The monoisotopic (exact) mass is 220 g/mol. The lowest BCUT2D eigenvalue weighted by atomic mass is 9.85. The SMILES string of the molecule is CC(C)n1ccc(CC2CCCC(=O)C2)n1. The molecular formula is C13H20N2O. The van der Waals surface area contributed by atoms with Gasteiger partial charge in [-0.05, 0) is 45.1 Å². The highest BCUT2D eigenvalue weighted by Crippen LogP contribution is 2.24. The van der Waals surface area contributed by atoms with E-state index in [0.717, 1.165) is 31.4 Å². The summed E-state index contributed by atoms with van der Waals surface area (Å²) in [7, 11) is 0. The molecule has 3 heteroatoms. The molecule has 1 unspecified atom stereocenters. The standard InChI is InChI=1S/C13H20N2O/c1-10(2)15-7-6-12(14-15)8-11-4-3-5-13(16)9-11/h6-7,10-11H,3-5,8-9H2,1-2H3. The molecule has 1 saturated carbocycles. The quantitative estimate of drug-likeness (QED) is 0.785. The second-order valence-electron chi connectivity index (χ2n) is 5.09. The third-order valence-corrected chi connectivity index (χ3v) is 3.27. The molecule has 1 fully saturated rings. The van der Waals surface area contributed by atoms with E-state index < -0.39 is 0 Å². The summed E-state index contributed by atoms with van der Waals surface area (Å²) in [6.45, 7) is 4.25. The van der Waals surface area contributed by atoms with Crippen molar-refractivity contribution < 1.29 is 4.79 Å². The van der Waals surface area contributed by atoms with Gasteiger partial charge in [0, 0.05) is 25.1 Å². The van der Waals surface area contributed by atoms with Crippen LogP contribution < -0.4 is 0 Å². The van der Waals surface area contributed by atoms with Gasteiger partial charge in [-0.3, -0.25) is 9.48 Å². The highest BCUT2D eigenvalue weighted by molar-refractivity contribution is 5.79. The largest absolute Gasteiger partial charge is 0.300 e. The van der Waals surface area contributed by atoms with Gasteiger partial charge in [0.1, 0.15) is 5.78 Å². The first-order chi connectivity index (χ1) is 7.65. The Morgan fingerprint density at radius 2 is 2.38 bits per heavy atom. The highest BCUT2D eigenvalue weighted by Gasteiger charge is 2.20. The van der Waals surface area contributed by atoms with Crippen LogP contribution in [0.2, 0.25) is 0 Å². The zero-order valence-corrected chi connectivity index (χ0v) is 10.1. The lowest BCUT2D eigenvalue weighted by Gasteiger charge is -2.19. The van der Waals surface area contributed by atoms with Gasteiger partial charge in [-0.1, -0.05) is 0 Å².